The monoisotopic (exact) mass is 186 g/mol. The number of nitrogens with zero attached hydrogens (tertiary/aromatic N) is 2. The predicted octanol–water partition coefficient (Wildman–Crippen LogP) is 0.395. The molecule has 1 N–H and O–H groups in total. The summed E-state index contributed by atoms with van der Waals surface area (Å²) >= 11 is 0. The molecule has 3 nitrogen and oxygen atoms in total. The molecule has 1 rings (SSSR count). The van der Waals surface area contributed by atoms with Gasteiger partial charge in [0.2, 0.25) is 0 Å². The number of piperidine rings is 1. The highest BCUT2D eigenvalue weighted by atomic mass is 16.3. The van der Waals surface area contributed by atoms with Gasteiger partial charge >= 0.3 is 0 Å². The number of hydrogen-bond donors (Lipinski definition) is 1. The highest BCUT2D eigenvalue weighted by molar-refractivity contribution is 4.78. The highest BCUT2D eigenvalue weighted by Crippen LogP contribution is 2.13. The van der Waals surface area contributed by atoms with Crippen LogP contribution in [0.2, 0.25) is 0 Å². The minimum Gasteiger partial charge on any atom is -0.395 e. The third-order valence-electron chi connectivity index (χ3n) is 2.91. The van der Waals surface area contributed by atoms with E-state index in [9.17, 15) is 0 Å². The number of likely N-dealkylation sites (tertiary alicyclic amines) is 1. The van der Waals surface area contributed by atoms with E-state index in [0.717, 1.165) is 19.6 Å². The lowest BCUT2D eigenvalue weighted by Crippen LogP contribution is -2.47. The van der Waals surface area contributed by atoms with E-state index in [2.05, 4.69) is 23.8 Å². The Kier molecular flexibility index (Phi) is 4.70. The second kappa shape index (κ2) is 5.58. The van der Waals surface area contributed by atoms with Gasteiger partial charge in [0.15, 0.2) is 0 Å². The number of aliphatic hydroxyl groups excluding tert-OH is 1. The number of rotatable bonds is 4. The third-order valence-corrected chi connectivity index (χ3v) is 2.91. The zero-order chi connectivity index (χ0) is 9.68. The third kappa shape index (κ3) is 3.25. The van der Waals surface area contributed by atoms with E-state index in [4.69, 9.17) is 5.11 Å². The Morgan fingerprint density at radius 1 is 1.54 bits per heavy atom. The van der Waals surface area contributed by atoms with Crippen molar-refractivity contribution in [2.45, 2.75) is 25.8 Å². The molecule has 0 aromatic heterocycles. The molecule has 1 heterocycles. The fourth-order valence-corrected chi connectivity index (χ4v) is 2.16. The Labute approximate surface area is 81.3 Å². The van der Waals surface area contributed by atoms with Crippen LogP contribution in [0.4, 0.5) is 0 Å². The van der Waals surface area contributed by atoms with Crippen LogP contribution in [-0.4, -0.2) is 60.8 Å². The topological polar surface area (TPSA) is 26.7 Å². The van der Waals surface area contributed by atoms with Crippen molar-refractivity contribution in [2.24, 2.45) is 0 Å². The maximum absolute atomic E-state index is 8.91. The molecule has 0 radical (unpaired) electrons. The van der Waals surface area contributed by atoms with Gasteiger partial charge in [0.25, 0.3) is 0 Å². The van der Waals surface area contributed by atoms with Gasteiger partial charge < -0.3 is 10.0 Å². The van der Waals surface area contributed by atoms with Gasteiger partial charge in [0, 0.05) is 19.1 Å². The van der Waals surface area contributed by atoms with E-state index in [1.165, 1.54) is 19.4 Å². The van der Waals surface area contributed by atoms with Crippen molar-refractivity contribution in [3.05, 3.63) is 0 Å². The van der Waals surface area contributed by atoms with Crippen LogP contribution in [0.3, 0.4) is 0 Å². The smallest absolute Gasteiger partial charge is 0.0558 e. The summed E-state index contributed by atoms with van der Waals surface area (Å²) in [5, 5.41) is 8.91. The van der Waals surface area contributed by atoms with Gasteiger partial charge in [-0.2, -0.15) is 0 Å². The molecule has 0 aromatic rings. The van der Waals surface area contributed by atoms with Crippen LogP contribution >= 0.6 is 0 Å². The van der Waals surface area contributed by atoms with Crippen LogP contribution in [0.5, 0.6) is 0 Å². The lowest BCUT2D eigenvalue weighted by atomic mass is 10.0. The van der Waals surface area contributed by atoms with E-state index in [-0.39, 0.29) is 6.61 Å². The fourth-order valence-electron chi connectivity index (χ4n) is 2.16. The van der Waals surface area contributed by atoms with Crippen LogP contribution in [0.25, 0.3) is 0 Å². The molecule has 3 heteroatoms. The Balaban J connectivity index is 2.37. The molecular weight excluding hydrogens is 164 g/mol. The van der Waals surface area contributed by atoms with Gasteiger partial charge in [-0.1, -0.05) is 6.92 Å². The minimum atomic E-state index is 0.286. The molecule has 1 aliphatic heterocycles. The SMILES string of the molecule is CCN(CCO)[C@H]1CCCN(C)C1. The van der Waals surface area contributed by atoms with E-state index >= 15 is 0 Å². The van der Waals surface area contributed by atoms with Gasteiger partial charge in [-0.05, 0) is 33.0 Å². The quantitative estimate of drug-likeness (QED) is 0.688. The van der Waals surface area contributed by atoms with E-state index < -0.39 is 0 Å². The van der Waals surface area contributed by atoms with E-state index in [1.807, 2.05) is 0 Å². The first-order chi connectivity index (χ1) is 6.27. The molecule has 1 saturated heterocycles. The summed E-state index contributed by atoms with van der Waals surface area (Å²) in [6.07, 6.45) is 2.58. The zero-order valence-electron chi connectivity index (χ0n) is 8.87. The van der Waals surface area contributed by atoms with Gasteiger partial charge in [-0.3, -0.25) is 4.90 Å². The standard InChI is InChI=1S/C10H22N2O/c1-3-12(7-8-13)10-5-4-6-11(2)9-10/h10,13H,3-9H2,1-2H3/t10-/m0/s1. The summed E-state index contributed by atoms with van der Waals surface area (Å²) in [4.78, 5) is 4.77. The summed E-state index contributed by atoms with van der Waals surface area (Å²) in [6.45, 7) is 6.73. The summed E-state index contributed by atoms with van der Waals surface area (Å²) in [5.74, 6) is 0. The molecule has 1 atom stereocenters. The largest absolute Gasteiger partial charge is 0.395 e. The molecule has 0 spiro atoms. The summed E-state index contributed by atoms with van der Waals surface area (Å²) in [6, 6.07) is 0.663. The van der Waals surface area contributed by atoms with Crippen molar-refractivity contribution in [1.29, 1.82) is 0 Å². The van der Waals surface area contributed by atoms with Gasteiger partial charge in [-0.15, -0.1) is 0 Å². The molecule has 0 bridgehead atoms. The average molecular weight is 186 g/mol. The normalized spacial score (nSPS) is 25.4. The van der Waals surface area contributed by atoms with Crippen LogP contribution in [0, 0.1) is 0 Å². The van der Waals surface area contributed by atoms with Gasteiger partial charge in [-0.25, -0.2) is 0 Å². The molecule has 78 valence electrons. The Hall–Kier alpha value is -0.120. The van der Waals surface area contributed by atoms with Crippen molar-refractivity contribution in [2.75, 3.05) is 39.8 Å². The fraction of sp³-hybridized carbons (Fsp3) is 1.00. The van der Waals surface area contributed by atoms with Crippen LogP contribution in [0.15, 0.2) is 0 Å². The van der Waals surface area contributed by atoms with Gasteiger partial charge in [0.05, 0.1) is 6.61 Å². The Morgan fingerprint density at radius 3 is 2.85 bits per heavy atom. The molecule has 0 unspecified atom stereocenters. The van der Waals surface area contributed by atoms with Crippen molar-refractivity contribution in [3.8, 4) is 0 Å². The molecule has 0 aliphatic carbocycles. The molecule has 0 saturated carbocycles. The number of aliphatic hydroxyl groups is 1. The number of hydrogen-bond acceptors (Lipinski definition) is 3. The first-order valence-corrected chi connectivity index (χ1v) is 5.31. The minimum absolute atomic E-state index is 0.286. The maximum atomic E-state index is 8.91. The van der Waals surface area contributed by atoms with Gasteiger partial charge in [0.1, 0.15) is 0 Å². The first kappa shape index (κ1) is 11.0. The second-order valence-electron chi connectivity index (χ2n) is 3.91. The average Bonchev–Trinajstić information content (AvgIpc) is 2.14. The van der Waals surface area contributed by atoms with Crippen LogP contribution < -0.4 is 0 Å². The van der Waals surface area contributed by atoms with Crippen molar-refractivity contribution in [3.63, 3.8) is 0 Å². The zero-order valence-corrected chi connectivity index (χ0v) is 8.87. The Morgan fingerprint density at radius 2 is 2.31 bits per heavy atom. The predicted molar refractivity (Wildman–Crippen MR) is 54.9 cm³/mol. The first-order valence-electron chi connectivity index (χ1n) is 5.31. The van der Waals surface area contributed by atoms with E-state index in [0.29, 0.717) is 6.04 Å². The molecule has 1 fully saturated rings. The summed E-state index contributed by atoms with van der Waals surface area (Å²) in [5.41, 5.74) is 0. The van der Waals surface area contributed by atoms with Crippen LogP contribution in [0.1, 0.15) is 19.8 Å². The van der Waals surface area contributed by atoms with Crippen molar-refractivity contribution < 1.29 is 5.11 Å². The molecule has 0 aromatic carbocycles. The van der Waals surface area contributed by atoms with Crippen molar-refractivity contribution in [1.82, 2.24) is 9.80 Å². The highest BCUT2D eigenvalue weighted by Gasteiger charge is 2.21. The van der Waals surface area contributed by atoms with Crippen molar-refractivity contribution >= 4 is 0 Å². The second-order valence-corrected chi connectivity index (χ2v) is 3.91. The van der Waals surface area contributed by atoms with Crippen LogP contribution in [-0.2, 0) is 0 Å². The Bertz CT molecular complexity index is 141. The maximum Gasteiger partial charge on any atom is 0.0558 e. The summed E-state index contributed by atoms with van der Waals surface area (Å²) in [7, 11) is 2.18. The molecule has 0 amide bonds. The number of likely N-dealkylation sites (N-methyl/N-ethyl adjacent to an activating group) is 2. The summed E-state index contributed by atoms with van der Waals surface area (Å²) < 4.78 is 0. The molecular formula is C10H22N2O. The lowest BCUT2D eigenvalue weighted by molar-refractivity contribution is 0.0975. The van der Waals surface area contributed by atoms with E-state index in [1.54, 1.807) is 0 Å². The molecule has 1 aliphatic rings. The lowest BCUT2D eigenvalue weighted by Gasteiger charge is -2.37. The molecule has 13 heavy (non-hydrogen) atoms.